The van der Waals surface area contributed by atoms with Crippen molar-refractivity contribution in [1.29, 1.82) is 0 Å². The molecule has 0 amide bonds. The highest BCUT2D eigenvalue weighted by Crippen LogP contribution is 2.59. The van der Waals surface area contributed by atoms with Crippen LogP contribution in [0.2, 0.25) is 0 Å². The Labute approximate surface area is 334 Å². The zero-order valence-corrected chi connectivity index (χ0v) is 32.3. The van der Waals surface area contributed by atoms with Gasteiger partial charge in [0.05, 0.1) is 11.1 Å². The van der Waals surface area contributed by atoms with E-state index in [1.165, 1.54) is 118 Å². The lowest BCUT2D eigenvalue weighted by Gasteiger charge is -2.50. The average Bonchev–Trinajstić information content (AvgIpc) is 3.60. The molecular formula is C54H41BN2. The van der Waals surface area contributed by atoms with E-state index in [1.807, 2.05) is 0 Å². The summed E-state index contributed by atoms with van der Waals surface area (Å²) in [6.45, 7) is 4.54. The van der Waals surface area contributed by atoms with Crippen LogP contribution >= 0.6 is 0 Å². The van der Waals surface area contributed by atoms with E-state index in [0.29, 0.717) is 0 Å². The van der Waals surface area contributed by atoms with Crippen molar-refractivity contribution in [2.24, 2.45) is 0 Å². The molecule has 0 N–H and O–H groups in total. The van der Waals surface area contributed by atoms with Crippen LogP contribution in [0.5, 0.6) is 0 Å². The average molecular weight is 729 g/mol. The molecular weight excluding hydrogens is 687 g/mol. The Hall–Kier alpha value is -6.58. The third kappa shape index (κ3) is 4.32. The van der Waals surface area contributed by atoms with Gasteiger partial charge in [-0.1, -0.05) is 153 Å². The molecule has 270 valence electrons. The van der Waals surface area contributed by atoms with Gasteiger partial charge in [-0.2, -0.15) is 0 Å². The fraction of sp³-hybridized carbons (Fsp3) is 0.111. The molecule has 3 aliphatic heterocycles. The first-order chi connectivity index (χ1) is 28.2. The lowest BCUT2D eigenvalue weighted by molar-refractivity contribution is 0.732. The fourth-order valence-electron chi connectivity index (χ4n) is 11.0. The summed E-state index contributed by atoms with van der Waals surface area (Å²) in [6, 6.07) is 66.9. The van der Waals surface area contributed by atoms with E-state index >= 15 is 0 Å². The van der Waals surface area contributed by atoms with Gasteiger partial charge in [0, 0.05) is 38.7 Å². The maximum atomic E-state index is 2.71. The highest BCUT2D eigenvalue weighted by Gasteiger charge is 2.52. The molecule has 57 heavy (non-hydrogen) atoms. The third-order valence-corrected chi connectivity index (χ3v) is 13.3. The van der Waals surface area contributed by atoms with Crippen molar-refractivity contribution < 1.29 is 0 Å². The first-order valence-electron chi connectivity index (χ1n) is 20.6. The van der Waals surface area contributed by atoms with Crippen molar-refractivity contribution in [3.8, 4) is 22.3 Å². The van der Waals surface area contributed by atoms with Crippen LogP contribution in [-0.2, 0) is 11.8 Å². The summed E-state index contributed by atoms with van der Waals surface area (Å²) < 4.78 is 2.71. The zero-order chi connectivity index (χ0) is 37.8. The largest absolute Gasteiger partial charge is 0.375 e. The van der Waals surface area contributed by atoms with Crippen LogP contribution in [0.3, 0.4) is 0 Å². The summed E-state index contributed by atoms with van der Waals surface area (Å²) in [5.41, 5.74) is 21.8. The molecule has 0 aliphatic carbocycles. The molecule has 0 saturated heterocycles. The highest BCUT2D eigenvalue weighted by atomic mass is 15.2. The van der Waals surface area contributed by atoms with Crippen molar-refractivity contribution >= 4 is 56.6 Å². The minimum Gasteiger partial charge on any atom is -0.375 e. The smallest absolute Gasteiger partial charge is 0.333 e. The second-order valence-corrected chi connectivity index (χ2v) is 16.3. The normalized spacial score (nSPS) is 14.1. The van der Waals surface area contributed by atoms with Gasteiger partial charge < -0.3 is 9.38 Å². The molecule has 8 aromatic carbocycles. The van der Waals surface area contributed by atoms with E-state index in [1.54, 1.807) is 0 Å². The van der Waals surface area contributed by atoms with Gasteiger partial charge in [0.1, 0.15) is 0 Å². The number of aromatic nitrogens is 1. The fourth-order valence-corrected chi connectivity index (χ4v) is 11.0. The van der Waals surface area contributed by atoms with E-state index < -0.39 is 5.41 Å². The van der Waals surface area contributed by atoms with Crippen LogP contribution in [0.4, 0.5) is 17.1 Å². The summed E-state index contributed by atoms with van der Waals surface area (Å²) >= 11 is 0. The molecule has 12 rings (SSSR count). The summed E-state index contributed by atoms with van der Waals surface area (Å²) in [4.78, 5) is 2.65. The van der Waals surface area contributed by atoms with E-state index in [9.17, 15) is 0 Å². The Balaban J connectivity index is 1.28. The predicted molar refractivity (Wildman–Crippen MR) is 241 cm³/mol. The Morgan fingerprint density at radius 2 is 1.26 bits per heavy atom. The molecule has 2 nitrogen and oxygen atoms in total. The molecule has 0 radical (unpaired) electrons. The number of rotatable bonds is 6. The molecule has 9 aromatic rings. The van der Waals surface area contributed by atoms with E-state index in [-0.39, 0.29) is 6.85 Å². The number of fused-ring (bicyclic) bond motifs is 9. The van der Waals surface area contributed by atoms with Crippen molar-refractivity contribution in [3.63, 3.8) is 0 Å². The monoisotopic (exact) mass is 728 g/mol. The summed E-state index contributed by atoms with van der Waals surface area (Å²) in [5, 5.41) is 2.70. The van der Waals surface area contributed by atoms with Crippen molar-refractivity contribution in [1.82, 2.24) is 4.48 Å². The Kier molecular flexibility index (Phi) is 6.99. The zero-order valence-electron chi connectivity index (χ0n) is 32.3. The molecule has 0 bridgehead atoms. The van der Waals surface area contributed by atoms with Gasteiger partial charge in [-0.15, -0.1) is 0 Å². The van der Waals surface area contributed by atoms with Crippen LogP contribution in [-0.4, -0.2) is 11.3 Å². The van der Waals surface area contributed by atoms with Crippen LogP contribution in [0.1, 0.15) is 53.1 Å². The van der Waals surface area contributed by atoms with Crippen molar-refractivity contribution in [2.75, 3.05) is 4.90 Å². The first kappa shape index (κ1) is 32.6. The van der Waals surface area contributed by atoms with E-state index in [0.717, 1.165) is 6.42 Å². The van der Waals surface area contributed by atoms with Crippen LogP contribution in [0.15, 0.2) is 176 Å². The van der Waals surface area contributed by atoms with Crippen LogP contribution in [0.25, 0.3) is 44.1 Å². The number of hydrogen-bond acceptors (Lipinski definition) is 1. The van der Waals surface area contributed by atoms with Gasteiger partial charge in [0.25, 0.3) is 0 Å². The Morgan fingerprint density at radius 1 is 0.561 bits per heavy atom. The van der Waals surface area contributed by atoms with Gasteiger partial charge in [-0.05, 0) is 117 Å². The SMILES string of the molecule is CCCCc1cc2c3c(c1)c1ccccc1n3B1c3cccc4c3N(c3ccccc3C4(c3ccccc3)c3ccccc3)c3cc(-c4ccccc4C)cc-2c31. The van der Waals surface area contributed by atoms with E-state index in [2.05, 4.69) is 199 Å². The minimum absolute atomic E-state index is 0.0157. The maximum absolute atomic E-state index is 2.71. The van der Waals surface area contributed by atoms with Gasteiger partial charge in [-0.3, -0.25) is 0 Å². The summed E-state index contributed by atoms with van der Waals surface area (Å²) in [6.07, 6.45) is 3.43. The second kappa shape index (κ2) is 12.2. The topological polar surface area (TPSA) is 8.17 Å². The Bertz CT molecular complexity index is 3050. The summed E-state index contributed by atoms with van der Waals surface area (Å²) in [5.74, 6) is 0. The van der Waals surface area contributed by atoms with E-state index in [4.69, 9.17) is 0 Å². The maximum Gasteiger partial charge on any atom is 0.333 e. The molecule has 0 unspecified atom stereocenters. The number of aryl methyl sites for hydroxylation is 2. The lowest BCUT2D eigenvalue weighted by atomic mass is 9.43. The lowest BCUT2D eigenvalue weighted by Crippen LogP contribution is -2.58. The van der Waals surface area contributed by atoms with Crippen LogP contribution in [0, 0.1) is 6.92 Å². The molecule has 0 atom stereocenters. The standard InChI is InChI=1S/C54H41BN2/c1-3-4-19-36-31-43-41-25-13-15-29-48(41)57-52(43)44(32-36)42-33-37(40-24-12-11-18-35(40)2)34-50-51(42)55(57)47-28-17-27-46-53(47)56(50)49-30-16-14-26-45(49)54(46,38-20-7-5-8-21-38)39-22-9-6-10-23-39/h5-18,20-34H,3-4,19H2,1-2H3. The molecule has 1 aromatic heterocycles. The van der Waals surface area contributed by atoms with Crippen molar-refractivity contribution in [3.05, 3.63) is 209 Å². The number of hydrogen-bond donors (Lipinski definition) is 0. The van der Waals surface area contributed by atoms with Gasteiger partial charge in [0.15, 0.2) is 0 Å². The number of nitrogens with zero attached hydrogens (tertiary/aromatic N) is 2. The number of para-hydroxylation sites is 3. The molecule has 0 spiro atoms. The number of benzene rings is 8. The van der Waals surface area contributed by atoms with Crippen molar-refractivity contribution in [2.45, 2.75) is 38.5 Å². The quantitative estimate of drug-likeness (QED) is 0.155. The molecule has 0 saturated carbocycles. The second-order valence-electron chi connectivity index (χ2n) is 16.3. The number of unbranched alkanes of at least 4 members (excludes halogenated alkanes) is 1. The molecule has 3 heteroatoms. The Morgan fingerprint density at radius 3 is 2.05 bits per heavy atom. The predicted octanol–water partition coefficient (Wildman–Crippen LogP) is 12.2. The summed E-state index contributed by atoms with van der Waals surface area (Å²) in [7, 11) is 0. The molecule has 0 fully saturated rings. The minimum atomic E-state index is -0.538. The van der Waals surface area contributed by atoms with Gasteiger partial charge in [-0.25, -0.2) is 0 Å². The first-order valence-corrected chi connectivity index (χ1v) is 20.6. The van der Waals surface area contributed by atoms with Gasteiger partial charge in [0.2, 0.25) is 0 Å². The van der Waals surface area contributed by atoms with Gasteiger partial charge >= 0.3 is 6.85 Å². The highest BCUT2D eigenvalue weighted by molar-refractivity contribution is 6.90. The third-order valence-electron chi connectivity index (χ3n) is 13.3. The number of anilines is 3. The molecule has 3 aliphatic rings. The molecule has 4 heterocycles. The van der Waals surface area contributed by atoms with Crippen LogP contribution < -0.4 is 15.8 Å².